The third kappa shape index (κ3) is 2.66. The maximum atomic E-state index is 10.8. The van der Waals surface area contributed by atoms with Gasteiger partial charge < -0.3 is 9.79 Å². The Hall–Kier alpha value is -0.630. The van der Waals surface area contributed by atoms with Crippen molar-refractivity contribution in [3.05, 3.63) is 29.8 Å². The molecule has 0 aliphatic rings. The van der Waals surface area contributed by atoms with Crippen molar-refractivity contribution in [3.63, 3.8) is 0 Å². The topological polar surface area (TPSA) is 57.5 Å². The SMILES string of the molecule is CC(C)c1ccc(P(=O)(O)O)cc1.[HH].[HH]. The summed E-state index contributed by atoms with van der Waals surface area (Å²) in [5.41, 5.74) is 1.08. The average molecular weight is 204 g/mol. The number of benzene rings is 1. The van der Waals surface area contributed by atoms with Gasteiger partial charge in [0, 0.05) is 2.85 Å². The van der Waals surface area contributed by atoms with Gasteiger partial charge >= 0.3 is 7.60 Å². The predicted octanol–water partition coefficient (Wildman–Crippen LogP) is 2.11. The van der Waals surface area contributed by atoms with E-state index in [1.165, 1.54) is 12.1 Å². The Kier molecular flexibility index (Phi) is 2.91. The largest absolute Gasteiger partial charge is 0.356 e. The molecule has 1 rings (SSSR count). The van der Waals surface area contributed by atoms with Gasteiger partial charge in [-0.25, -0.2) is 0 Å². The Morgan fingerprint density at radius 1 is 1.23 bits per heavy atom. The van der Waals surface area contributed by atoms with E-state index in [4.69, 9.17) is 9.79 Å². The summed E-state index contributed by atoms with van der Waals surface area (Å²) < 4.78 is 10.8. The molecule has 0 fully saturated rings. The van der Waals surface area contributed by atoms with Gasteiger partial charge in [-0.15, -0.1) is 0 Å². The molecule has 0 bridgehead atoms. The Morgan fingerprint density at radius 3 is 2.00 bits per heavy atom. The van der Waals surface area contributed by atoms with E-state index in [0.29, 0.717) is 5.92 Å². The second kappa shape index (κ2) is 3.62. The van der Waals surface area contributed by atoms with Gasteiger partial charge in [-0.1, -0.05) is 26.0 Å². The van der Waals surface area contributed by atoms with Crippen LogP contribution in [0.4, 0.5) is 0 Å². The molecule has 0 aliphatic heterocycles. The lowest BCUT2D eigenvalue weighted by Gasteiger charge is -2.07. The molecule has 3 nitrogen and oxygen atoms in total. The van der Waals surface area contributed by atoms with Crippen molar-refractivity contribution in [1.82, 2.24) is 0 Å². The lowest BCUT2D eigenvalue weighted by atomic mass is 10.0. The van der Waals surface area contributed by atoms with E-state index in [1.807, 2.05) is 13.8 Å². The van der Waals surface area contributed by atoms with Crippen LogP contribution in [0.2, 0.25) is 0 Å². The fourth-order valence-corrected chi connectivity index (χ4v) is 1.59. The number of hydrogen-bond donors (Lipinski definition) is 2. The second-order valence-corrected chi connectivity index (χ2v) is 4.89. The summed E-state index contributed by atoms with van der Waals surface area (Å²) >= 11 is 0. The van der Waals surface area contributed by atoms with E-state index in [9.17, 15) is 4.57 Å². The summed E-state index contributed by atoms with van der Waals surface area (Å²) in [6.07, 6.45) is 0. The highest BCUT2D eigenvalue weighted by Gasteiger charge is 2.16. The van der Waals surface area contributed by atoms with Crippen LogP contribution in [0.3, 0.4) is 0 Å². The molecule has 0 aromatic heterocycles. The van der Waals surface area contributed by atoms with Crippen LogP contribution in [0.1, 0.15) is 28.2 Å². The van der Waals surface area contributed by atoms with Crippen LogP contribution in [0, 0.1) is 0 Å². The van der Waals surface area contributed by atoms with Crippen molar-refractivity contribution in [3.8, 4) is 0 Å². The molecular formula is C9H17O3P. The first kappa shape index (κ1) is 10.5. The Bertz CT molecular complexity index is 332. The van der Waals surface area contributed by atoms with E-state index < -0.39 is 7.60 Å². The molecule has 0 saturated heterocycles. The smallest absolute Gasteiger partial charge is 0.321 e. The Labute approximate surface area is 80.5 Å². The molecule has 2 N–H and O–H groups in total. The standard InChI is InChI=1S/C9H13O3P.2H2/c1-7(2)8-3-5-9(6-4-8)13(10,11)12;;/h3-7H,1-2H3,(H2,10,11,12);2*1H. The van der Waals surface area contributed by atoms with Gasteiger partial charge in [0.25, 0.3) is 0 Å². The monoisotopic (exact) mass is 204 g/mol. The van der Waals surface area contributed by atoms with Crippen LogP contribution in [0.25, 0.3) is 0 Å². The molecule has 0 radical (unpaired) electrons. The van der Waals surface area contributed by atoms with Crippen LogP contribution in [0.5, 0.6) is 0 Å². The second-order valence-electron chi connectivity index (χ2n) is 3.29. The maximum Gasteiger partial charge on any atom is 0.356 e. The quantitative estimate of drug-likeness (QED) is 0.725. The molecule has 76 valence electrons. The lowest BCUT2D eigenvalue weighted by Crippen LogP contribution is -2.03. The van der Waals surface area contributed by atoms with E-state index in [-0.39, 0.29) is 8.16 Å². The molecule has 0 aliphatic carbocycles. The molecule has 0 heterocycles. The first-order valence-corrected chi connectivity index (χ1v) is 5.68. The highest BCUT2D eigenvalue weighted by atomic mass is 31.2. The molecule has 0 saturated carbocycles. The normalized spacial score (nSPS) is 12.1. The maximum absolute atomic E-state index is 10.8. The van der Waals surface area contributed by atoms with E-state index in [2.05, 4.69) is 0 Å². The fraction of sp³-hybridized carbons (Fsp3) is 0.333. The van der Waals surface area contributed by atoms with E-state index >= 15 is 0 Å². The minimum Gasteiger partial charge on any atom is -0.321 e. The van der Waals surface area contributed by atoms with E-state index in [1.54, 1.807) is 12.1 Å². The van der Waals surface area contributed by atoms with Crippen molar-refractivity contribution >= 4 is 12.9 Å². The highest BCUT2D eigenvalue weighted by Crippen LogP contribution is 2.33. The van der Waals surface area contributed by atoms with Crippen LogP contribution in [-0.4, -0.2) is 9.79 Å². The Morgan fingerprint density at radius 2 is 1.69 bits per heavy atom. The Balaban J connectivity index is 0. The lowest BCUT2D eigenvalue weighted by molar-refractivity contribution is 0.387. The van der Waals surface area contributed by atoms with Gasteiger partial charge in [-0.3, -0.25) is 4.57 Å². The molecule has 1 aromatic rings. The molecule has 0 spiro atoms. The molecule has 13 heavy (non-hydrogen) atoms. The van der Waals surface area contributed by atoms with Crippen molar-refractivity contribution in [2.75, 3.05) is 0 Å². The van der Waals surface area contributed by atoms with Crippen LogP contribution in [0.15, 0.2) is 24.3 Å². The van der Waals surface area contributed by atoms with E-state index in [0.717, 1.165) is 5.56 Å². The zero-order valence-corrected chi connectivity index (χ0v) is 8.53. The summed E-state index contributed by atoms with van der Waals surface area (Å²) in [6, 6.07) is 6.46. The van der Waals surface area contributed by atoms with Gasteiger partial charge in [-0.2, -0.15) is 0 Å². The van der Waals surface area contributed by atoms with Gasteiger partial charge in [-0.05, 0) is 23.6 Å². The van der Waals surface area contributed by atoms with Gasteiger partial charge in [0.2, 0.25) is 0 Å². The minimum atomic E-state index is -4.07. The molecule has 4 heteroatoms. The average Bonchev–Trinajstić information content (AvgIpc) is 2.03. The van der Waals surface area contributed by atoms with Crippen molar-refractivity contribution < 1.29 is 17.2 Å². The summed E-state index contributed by atoms with van der Waals surface area (Å²) in [7, 11) is -4.07. The van der Waals surface area contributed by atoms with Crippen LogP contribution in [-0.2, 0) is 4.57 Å². The summed E-state index contributed by atoms with van der Waals surface area (Å²) in [5.74, 6) is 0.380. The molecule has 0 atom stereocenters. The van der Waals surface area contributed by atoms with Gasteiger partial charge in [0.1, 0.15) is 0 Å². The number of hydrogen-bond acceptors (Lipinski definition) is 1. The predicted molar refractivity (Wildman–Crippen MR) is 56.4 cm³/mol. The third-order valence-corrected chi connectivity index (χ3v) is 2.87. The molecular weight excluding hydrogens is 187 g/mol. The third-order valence-electron chi connectivity index (χ3n) is 1.90. The zero-order chi connectivity index (χ0) is 10.1. The first-order valence-electron chi connectivity index (χ1n) is 4.07. The van der Waals surface area contributed by atoms with Crippen molar-refractivity contribution in [1.29, 1.82) is 0 Å². The van der Waals surface area contributed by atoms with Gasteiger partial charge in [0.05, 0.1) is 5.30 Å². The van der Waals surface area contributed by atoms with Gasteiger partial charge in [0.15, 0.2) is 0 Å². The highest BCUT2D eigenvalue weighted by molar-refractivity contribution is 7.60. The van der Waals surface area contributed by atoms with Crippen molar-refractivity contribution in [2.45, 2.75) is 19.8 Å². The zero-order valence-electron chi connectivity index (χ0n) is 7.64. The van der Waals surface area contributed by atoms with Crippen LogP contribution < -0.4 is 5.30 Å². The minimum absolute atomic E-state index is 0. The molecule has 0 amide bonds. The summed E-state index contributed by atoms with van der Waals surface area (Å²) in [6.45, 7) is 4.07. The molecule has 0 unspecified atom stereocenters. The summed E-state index contributed by atoms with van der Waals surface area (Å²) in [5, 5.41) is 0.0805. The molecule has 1 aromatic carbocycles. The fourth-order valence-electron chi connectivity index (χ4n) is 1.05. The van der Waals surface area contributed by atoms with Crippen molar-refractivity contribution in [2.24, 2.45) is 0 Å². The number of rotatable bonds is 2. The summed E-state index contributed by atoms with van der Waals surface area (Å²) in [4.78, 5) is 17.7. The van der Waals surface area contributed by atoms with Crippen LogP contribution >= 0.6 is 7.60 Å². The first-order chi connectivity index (χ1) is 5.91.